The maximum absolute atomic E-state index is 2.17. The fourth-order valence-electron chi connectivity index (χ4n) is 0.812. The molecule has 0 aromatic rings. The van der Waals surface area contributed by atoms with E-state index in [-0.39, 0.29) is 0 Å². The smallest absolute Gasteiger partial charge is 0.0311 e. The van der Waals surface area contributed by atoms with Crippen LogP contribution in [0.5, 0.6) is 0 Å². The Kier molecular flexibility index (Phi) is 6.81. The fourth-order valence-corrected chi connectivity index (χ4v) is 0.812. The van der Waals surface area contributed by atoms with E-state index in [1.54, 1.807) is 0 Å². The van der Waals surface area contributed by atoms with E-state index in [0.717, 1.165) is 12.8 Å². The van der Waals surface area contributed by atoms with Crippen molar-refractivity contribution in [2.75, 3.05) is 0 Å². The Balaban J connectivity index is 3.81. The standard InChI is InChI=1S/C11H18/c1-4-7-8-9-10-11(5-2)6-3/h5,7-10H,4,6H2,1-3H3/b8-7-,10-9-,11-5-. The van der Waals surface area contributed by atoms with Crippen LogP contribution < -0.4 is 0 Å². The molecule has 62 valence electrons. The maximum Gasteiger partial charge on any atom is -0.0311 e. The van der Waals surface area contributed by atoms with Crippen molar-refractivity contribution in [1.29, 1.82) is 0 Å². The van der Waals surface area contributed by atoms with Crippen molar-refractivity contribution < 1.29 is 0 Å². The molecule has 0 nitrogen and oxygen atoms in total. The summed E-state index contributed by atoms with van der Waals surface area (Å²) in [6, 6.07) is 0. The lowest BCUT2D eigenvalue weighted by Gasteiger charge is -1.91. The van der Waals surface area contributed by atoms with Gasteiger partial charge in [-0.1, -0.05) is 49.8 Å². The van der Waals surface area contributed by atoms with E-state index in [0.29, 0.717) is 0 Å². The summed E-state index contributed by atoms with van der Waals surface area (Å²) < 4.78 is 0. The zero-order valence-corrected chi connectivity index (χ0v) is 7.80. The lowest BCUT2D eigenvalue weighted by molar-refractivity contribution is 1.14. The first-order chi connectivity index (χ1) is 5.35. The average Bonchev–Trinajstić information content (AvgIpc) is 2.05. The third-order valence-electron chi connectivity index (χ3n) is 1.57. The van der Waals surface area contributed by atoms with E-state index in [9.17, 15) is 0 Å². The molecule has 0 heterocycles. The van der Waals surface area contributed by atoms with E-state index >= 15 is 0 Å². The van der Waals surface area contributed by atoms with Crippen LogP contribution in [0.4, 0.5) is 0 Å². The normalized spacial score (nSPS) is 13.5. The van der Waals surface area contributed by atoms with Gasteiger partial charge in [-0.3, -0.25) is 0 Å². The first-order valence-electron chi connectivity index (χ1n) is 4.33. The van der Waals surface area contributed by atoms with Gasteiger partial charge in [0.15, 0.2) is 0 Å². The minimum Gasteiger partial charge on any atom is -0.0848 e. The Bertz CT molecular complexity index is 159. The third kappa shape index (κ3) is 5.65. The van der Waals surface area contributed by atoms with E-state index in [4.69, 9.17) is 0 Å². The maximum atomic E-state index is 2.17. The van der Waals surface area contributed by atoms with Gasteiger partial charge in [0, 0.05) is 0 Å². The van der Waals surface area contributed by atoms with Gasteiger partial charge in [-0.15, -0.1) is 0 Å². The SMILES string of the molecule is C\C=C(/C=C\C=C/CC)CC. The van der Waals surface area contributed by atoms with Gasteiger partial charge in [0.05, 0.1) is 0 Å². The molecule has 0 radical (unpaired) electrons. The average molecular weight is 150 g/mol. The second-order valence-electron chi connectivity index (χ2n) is 2.41. The summed E-state index contributed by atoms with van der Waals surface area (Å²) in [6.45, 7) is 6.39. The molecule has 11 heavy (non-hydrogen) atoms. The molecule has 0 bridgehead atoms. The topological polar surface area (TPSA) is 0 Å². The summed E-state index contributed by atoms with van der Waals surface area (Å²) in [5.74, 6) is 0. The van der Waals surface area contributed by atoms with Gasteiger partial charge in [-0.2, -0.15) is 0 Å². The molecular formula is C11H18. The van der Waals surface area contributed by atoms with Gasteiger partial charge in [0.25, 0.3) is 0 Å². The van der Waals surface area contributed by atoms with E-state index in [2.05, 4.69) is 51.2 Å². The molecule has 0 aromatic carbocycles. The van der Waals surface area contributed by atoms with E-state index in [1.807, 2.05) is 0 Å². The Morgan fingerprint density at radius 3 is 2.36 bits per heavy atom. The molecule has 0 spiro atoms. The highest BCUT2D eigenvalue weighted by molar-refractivity contribution is 5.20. The van der Waals surface area contributed by atoms with Crippen LogP contribution in [0.15, 0.2) is 36.0 Å². The molecule has 0 saturated heterocycles. The lowest BCUT2D eigenvalue weighted by atomic mass is 10.2. The van der Waals surface area contributed by atoms with E-state index < -0.39 is 0 Å². The van der Waals surface area contributed by atoms with Crippen LogP contribution >= 0.6 is 0 Å². The van der Waals surface area contributed by atoms with Gasteiger partial charge >= 0.3 is 0 Å². The van der Waals surface area contributed by atoms with E-state index in [1.165, 1.54) is 5.57 Å². The third-order valence-corrected chi connectivity index (χ3v) is 1.57. The molecule has 0 aromatic heterocycles. The summed E-state index contributed by atoms with van der Waals surface area (Å²) in [5, 5.41) is 0. The van der Waals surface area contributed by atoms with Crippen molar-refractivity contribution in [3.8, 4) is 0 Å². The molecule has 0 aliphatic carbocycles. The van der Waals surface area contributed by atoms with Crippen LogP contribution in [-0.4, -0.2) is 0 Å². The van der Waals surface area contributed by atoms with Gasteiger partial charge in [0.1, 0.15) is 0 Å². The first-order valence-corrected chi connectivity index (χ1v) is 4.33. The number of allylic oxidation sites excluding steroid dienone is 6. The fraction of sp³-hybridized carbons (Fsp3) is 0.455. The molecule has 0 heteroatoms. The van der Waals surface area contributed by atoms with Gasteiger partial charge in [0.2, 0.25) is 0 Å². The van der Waals surface area contributed by atoms with Crippen LogP contribution in [0.3, 0.4) is 0 Å². The number of hydrogen-bond acceptors (Lipinski definition) is 0. The van der Waals surface area contributed by atoms with Crippen LogP contribution in [0.2, 0.25) is 0 Å². The predicted octanol–water partition coefficient (Wildman–Crippen LogP) is 3.87. The molecule has 0 atom stereocenters. The van der Waals surface area contributed by atoms with Crippen LogP contribution in [0, 0.1) is 0 Å². The Labute approximate surface area is 70.3 Å². The monoisotopic (exact) mass is 150 g/mol. The molecule has 0 rings (SSSR count). The zero-order chi connectivity index (χ0) is 8.53. The van der Waals surface area contributed by atoms with Crippen molar-refractivity contribution >= 4 is 0 Å². The highest BCUT2D eigenvalue weighted by Crippen LogP contribution is 2.01. The van der Waals surface area contributed by atoms with Crippen molar-refractivity contribution in [3.63, 3.8) is 0 Å². The number of hydrogen-bond donors (Lipinski definition) is 0. The molecule has 0 amide bonds. The summed E-state index contributed by atoms with van der Waals surface area (Å²) in [6.07, 6.45) is 12.9. The van der Waals surface area contributed by atoms with Crippen molar-refractivity contribution in [2.45, 2.75) is 33.6 Å². The van der Waals surface area contributed by atoms with Crippen molar-refractivity contribution in [3.05, 3.63) is 36.0 Å². The second kappa shape index (κ2) is 7.33. The molecular weight excluding hydrogens is 132 g/mol. The summed E-state index contributed by atoms with van der Waals surface area (Å²) in [4.78, 5) is 0. The second-order valence-corrected chi connectivity index (χ2v) is 2.41. The zero-order valence-electron chi connectivity index (χ0n) is 7.80. The Hall–Kier alpha value is -0.780. The Morgan fingerprint density at radius 2 is 1.91 bits per heavy atom. The van der Waals surface area contributed by atoms with Gasteiger partial charge in [-0.05, 0) is 19.8 Å². The van der Waals surface area contributed by atoms with Crippen LogP contribution in [0.1, 0.15) is 33.6 Å². The molecule has 0 saturated carbocycles. The minimum atomic E-state index is 1.11. The highest BCUT2D eigenvalue weighted by atomic mass is 13.9. The summed E-state index contributed by atoms with van der Waals surface area (Å²) in [5.41, 5.74) is 1.39. The molecule has 0 aliphatic heterocycles. The first kappa shape index (κ1) is 10.2. The van der Waals surface area contributed by atoms with Crippen molar-refractivity contribution in [1.82, 2.24) is 0 Å². The van der Waals surface area contributed by atoms with Gasteiger partial charge < -0.3 is 0 Å². The molecule has 0 aliphatic rings. The van der Waals surface area contributed by atoms with Gasteiger partial charge in [-0.25, -0.2) is 0 Å². The largest absolute Gasteiger partial charge is 0.0848 e. The van der Waals surface area contributed by atoms with Crippen molar-refractivity contribution in [2.24, 2.45) is 0 Å². The molecule has 0 unspecified atom stereocenters. The number of rotatable bonds is 4. The predicted molar refractivity (Wildman–Crippen MR) is 52.6 cm³/mol. The quantitative estimate of drug-likeness (QED) is 0.534. The summed E-state index contributed by atoms with van der Waals surface area (Å²) in [7, 11) is 0. The molecule has 0 fully saturated rings. The van der Waals surface area contributed by atoms with Crippen LogP contribution in [-0.2, 0) is 0 Å². The van der Waals surface area contributed by atoms with Crippen LogP contribution in [0.25, 0.3) is 0 Å². The molecule has 0 N–H and O–H groups in total. The highest BCUT2D eigenvalue weighted by Gasteiger charge is 1.80. The minimum absolute atomic E-state index is 1.11. The summed E-state index contributed by atoms with van der Waals surface area (Å²) >= 11 is 0. The Morgan fingerprint density at radius 1 is 1.18 bits per heavy atom. The lowest BCUT2D eigenvalue weighted by Crippen LogP contribution is -1.70.